The van der Waals surface area contributed by atoms with Crippen LogP contribution in [0.25, 0.3) is 45.0 Å². The van der Waals surface area contributed by atoms with Gasteiger partial charge < -0.3 is 9.64 Å². The van der Waals surface area contributed by atoms with Crippen molar-refractivity contribution in [3.63, 3.8) is 0 Å². The molecule has 6 heteroatoms. The molecule has 1 aliphatic rings. The Morgan fingerprint density at radius 1 is 0.636 bits per heavy atom. The highest BCUT2D eigenvalue weighted by Crippen LogP contribution is 2.29. The summed E-state index contributed by atoms with van der Waals surface area (Å²) in [5, 5.41) is 0. The summed E-state index contributed by atoms with van der Waals surface area (Å²) in [7, 11) is 0. The highest BCUT2D eigenvalue weighted by atomic mass is 16.6. The number of amides is 1. The first kappa shape index (κ1) is 29.3. The molecule has 44 heavy (non-hydrogen) atoms. The molecule has 0 saturated carbocycles. The van der Waals surface area contributed by atoms with Crippen molar-refractivity contribution in [3.05, 3.63) is 121 Å². The molecule has 0 unspecified atom stereocenters. The lowest BCUT2D eigenvalue weighted by Crippen LogP contribution is -2.49. The number of benzene rings is 4. The van der Waals surface area contributed by atoms with E-state index in [4.69, 9.17) is 14.7 Å². The third-order valence-electron chi connectivity index (χ3n) is 7.70. The minimum absolute atomic E-state index is 0.225. The molecule has 5 aromatic rings. The largest absolute Gasteiger partial charge is 0.444 e. The van der Waals surface area contributed by atoms with Gasteiger partial charge in [-0.25, -0.2) is 14.8 Å². The molecule has 4 aromatic carbocycles. The van der Waals surface area contributed by atoms with Gasteiger partial charge in [0.05, 0.1) is 11.4 Å². The molecule has 0 aliphatic carbocycles. The Morgan fingerprint density at radius 3 is 1.80 bits per heavy atom. The number of ether oxygens (including phenoxy) is 1. The van der Waals surface area contributed by atoms with Crippen molar-refractivity contribution < 1.29 is 9.53 Å². The number of aromatic nitrogens is 2. The third kappa shape index (κ3) is 7.21. The average Bonchev–Trinajstić information content (AvgIpc) is 3.05. The number of rotatable bonds is 6. The first-order valence-corrected chi connectivity index (χ1v) is 15.2. The summed E-state index contributed by atoms with van der Waals surface area (Å²) in [5.41, 5.74) is 8.02. The Balaban J connectivity index is 1.18. The zero-order valence-corrected chi connectivity index (χ0v) is 25.6. The maximum absolute atomic E-state index is 12.4. The van der Waals surface area contributed by atoms with Crippen LogP contribution in [-0.2, 0) is 11.3 Å². The van der Waals surface area contributed by atoms with Crippen molar-refractivity contribution in [1.29, 1.82) is 0 Å². The minimum Gasteiger partial charge on any atom is -0.444 e. The summed E-state index contributed by atoms with van der Waals surface area (Å²) < 4.78 is 5.55. The van der Waals surface area contributed by atoms with Gasteiger partial charge in [-0.05, 0) is 49.6 Å². The van der Waals surface area contributed by atoms with Gasteiger partial charge in [0.1, 0.15) is 5.60 Å². The molecule has 222 valence electrons. The van der Waals surface area contributed by atoms with Crippen molar-refractivity contribution in [2.24, 2.45) is 0 Å². The van der Waals surface area contributed by atoms with E-state index in [0.29, 0.717) is 18.9 Å². The molecule has 2 heterocycles. The van der Waals surface area contributed by atoms with Crippen LogP contribution in [0.15, 0.2) is 115 Å². The van der Waals surface area contributed by atoms with E-state index in [9.17, 15) is 4.79 Å². The Labute approximate surface area is 260 Å². The van der Waals surface area contributed by atoms with Crippen LogP contribution in [0.1, 0.15) is 26.3 Å². The molecule has 0 bridgehead atoms. The van der Waals surface area contributed by atoms with E-state index in [2.05, 4.69) is 71.6 Å². The second kappa shape index (κ2) is 12.8. The van der Waals surface area contributed by atoms with Gasteiger partial charge in [0, 0.05) is 49.4 Å². The predicted molar refractivity (Wildman–Crippen MR) is 177 cm³/mol. The Kier molecular flexibility index (Phi) is 8.53. The van der Waals surface area contributed by atoms with E-state index < -0.39 is 5.60 Å². The van der Waals surface area contributed by atoms with Gasteiger partial charge >= 0.3 is 6.09 Å². The van der Waals surface area contributed by atoms with Gasteiger partial charge in [-0.15, -0.1) is 0 Å². The normalized spacial score (nSPS) is 13.9. The Bertz CT molecular complexity index is 1650. The van der Waals surface area contributed by atoms with E-state index in [1.54, 1.807) is 0 Å². The van der Waals surface area contributed by atoms with Gasteiger partial charge in [0.15, 0.2) is 5.82 Å². The average molecular weight is 583 g/mol. The zero-order chi connectivity index (χ0) is 30.5. The van der Waals surface area contributed by atoms with Gasteiger partial charge in [-0.1, -0.05) is 103 Å². The molecule has 1 fully saturated rings. The second-order valence-electron chi connectivity index (χ2n) is 12.2. The second-order valence-corrected chi connectivity index (χ2v) is 12.2. The number of carbonyl (C=O) groups excluding carboxylic acids is 1. The van der Waals surface area contributed by atoms with Crippen LogP contribution in [0, 0.1) is 0 Å². The fraction of sp³-hybridized carbons (Fsp3) is 0.237. The lowest BCUT2D eigenvalue weighted by molar-refractivity contribution is 0.0139. The van der Waals surface area contributed by atoms with Gasteiger partial charge in [-0.2, -0.15) is 0 Å². The lowest BCUT2D eigenvalue weighted by Gasteiger charge is -2.35. The third-order valence-corrected chi connectivity index (χ3v) is 7.70. The molecule has 6 nitrogen and oxygen atoms in total. The number of carbonyl (C=O) groups is 1. The molecule has 1 aromatic heterocycles. The van der Waals surface area contributed by atoms with E-state index >= 15 is 0 Å². The quantitative estimate of drug-likeness (QED) is 0.202. The van der Waals surface area contributed by atoms with Gasteiger partial charge in [0.2, 0.25) is 0 Å². The first-order chi connectivity index (χ1) is 21.3. The minimum atomic E-state index is -0.474. The Morgan fingerprint density at radius 2 is 1.18 bits per heavy atom. The lowest BCUT2D eigenvalue weighted by atomic mass is 10.00. The molecule has 1 saturated heterocycles. The molecule has 6 rings (SSSR count). The monoisotopic (exact) mass is 582 g/mol. The molecule has 0 spiro atoms. The summed E-state index contributed by atoms with van der Waals surface area (Å²) in [5.74, 6) is 0.714. The molecule has 0 radical (unpaired) electrons. The first-order valence-electron chi connectivity index (χ1n) is 15.2. The smallest absolute Gasteiger partial charge is 0.410 e. The highest BCUT2D eigenvalue weighted by molar-refractivity contribution is 5.74. The predicted octanol–water partition coefficient (Wildman–Crippen LogP) is 8.20. The van der Waals surface area contributed by atoms with Crippen LogP contribution in [0.3, 0.4) is 0 Å². The van der Waals surface area contributed by atoms with Crippen molar-refractivity contribution in [1.82, 2.24) is 19.8 Å². The van der Waals surface area contributed by atoms with E-state index in [1.807, 2.05) is 74.2 Å². The zero-order valence-electron chi connectivity index (χ0n) is 25.6. The fourth-order valence-electron chi connectivity index (χ4n) is 5.42. The summed E-state index contributed by atoms with van der Waals surface area (Å²) >= 11 is 0. The van der Waals surface area contributed by atoms with Crippen molar-refractivity contribution >= 4 is 6.09 Å². The maximum atomic E-state index is 12.4. The van der Waals surface area contributed by atoms with Crippen LogP contribution in [0.4, 0.5) is 4.79 Å². The van der Waals surface area contributed by atoms with E-state index in [0.717, 1.165) is 53.3 Å². The number of hydrogen-bond donors (Lipinski definition) is 0. The van der Waals surface area contributed by atoms with Crippen molar-refractivity contribution in [2.75, 3.05) is 26.2 Å². The molecule has 0 atom stereocenters. The summed E-state index contributed by atoms with van der Waals surface area (Å²) in [6, 6.07) is 39.8. The van der Waals surface area contributed by atoms with Gasteiger partial charge in [0.25, 0.3) is 0 Å². The molecule has 0 N–H and O–H groups in total. The molecule has 1 aliphatic heterocycles. The number of hydrogen-bond acceptors (Lipinski definition) is 5. The molecule has 1 amide bonds. The molecular formula is C38H38N4O2. The van der Waals surface area contributed by atoms with Crippen LogP contribution in [0.2, 0.25) is 0 Å². The van der Waals surface area contributed by atoms with Crippen LogP contribution in [0.5, 0.6) is 0 Å². The number of nitrogens with zero attached hydrogens (tertiary/aromatic N) is 4. The SMILES string of the molecule is CC(C)(C)OC(=O)N1CCN(Cc2cccc(-c3ccc(-c4cc(-c5ccccc5)nc(-c5ccccc5)n4)cc3)c2)CC1. The van der Waals surface area contributed by atoms with Crippen molar-refractivity contribution in [3.8, 4) is 45.0 Å². The van der Waals surface area contributed by atoms with Gasteiger partial charge in [-0.3, -0.25) is 4.90 Å². The number of piperazine rings is 1. The van der Waals surface area contributed by atoms with Crippen LogP contribution in [-0.4, -0.2) is 57.6 Å². The fourth-order valence-corrected chi connectivity index (χ4v) is 5.42. The summed E-state index contributed by atoms with van der Waals surface area (Å²) in [4.78, 5) is 26.5. The highest BCUT2D eigenvalue weighted by Gasteiger charge is 2.25. The van der Waals surface area contributed by atoms with Crippen LogP contribution >= 0.6 is 0 Å². The van der Waals surface area contributed by atoms with E-state index in [-0.39, 0.29) is 6.09 Å². The Hall–Kier alpha value is -4.81. The van der Waals surface area contributed by atoms with Crippen LogP contribution < -0.4 is 0 Å². The maximum Gasteiger partial charge on any atom is 0.410 e. The summed E-state index contributed by atoms with van der Waals surface area (Å²) in [6.07, 6.45) is -0.225. The van der Waals surface area contributed by atoms with Crippen molar-refractivity contribution in [2.45, 2.75) is 32.9 Å². The summed E-state index contributed by atoms with van der Waals surface area (Å²) in [6.45, 7) is 9.57. The molecular weight excluding hydrogens is 544 g/mol. The standard InChI is InChI=1S/C38H38N4O2/c1-38(2,3)44-37(43)42-23-21-41(22-24-42)27-28-11-10-16-33(25-28)29-17-19-31(20-18-29)35-26-34(30-12-6-4-7-13-30)39-36(40-35)32-14-8-5-9-15-32/h4-20,25-26H,21-24,27H2,1-3H3. The topological polar surface area (TPSA) is 58.6 Å². The van der Waals surface area contributed by atoms with E-state index in [1.165, 1.54) is 11.1 Å².